The van der Waals surface area contributed by atoms with Gasteiger partial charge >= 0.3 is 0 Å². The van der Waals surface area contributed by atoms with Crippen LogP contribution >= 0.6 is 11.3 Å². The van der Waals surface area contributed by atoms with E-state index in [-0.39, 0.29) is 0 Å². The number of hydrogen-bond acceptors (Lipinski definition) is 3. The Morgan fingerprint density at radius 1 is 1.29 bits per heavy atom. The van der Waals surface area contributed by atoms with Gasteiger partial charge in [-0.1, -0.05) is 19.8 Å². The zero-order valence-electron chi connectivity index (χ0n) is 8.83. The van der Waals surface area contributed by atoms with Crippen molar-refractivity contribution in [2.75, 3.05) is 18.0 Å². The molecule has 2 heterocycles. The lowest BCUT2D eigenvalue weighted by Gasteiger charge is -2.18. The molecule has 0 aromatic carbocycles. The first kappa shape index (κ1) is 9.97. The molecule has 0 bridgehead atoms. The van der Waals surface area contributed by atoms with Gasteiger partial charge in [-0.05, 0) is 19.3 Å². The Balaban J connectivity index is 2.04. The van der Waals surface area contributed by atoms with Crippen molar-refractivity contribution in [1.29, 1.82) is 0 Å². The van der Waals surface area contributed by atoms with Crippen molar-refractivity contribution in [2.24, 2.45) is 0 Å². The maximum Gasteiger partial charge on any atom is 0.185 e. The maximum atomic E-state index is 4.50. The zero-order chi connectivity index (χ0) is 9.80. The molecular weight excluding hydrogens is 192 g/mol. The summed E-state index contributed by atoms with van der Waals surface area (Å²) in [4.78, 5) is 8.36. The number of hydrogen-bond donors (Lipinski definition) is 0. The van der Waals surface area contributed by atoms with Crippen LogP contribution < -0.4 is 4.90 Å². The van der Waals surface area contributed by atoms with Crippen molar-refractivity contribution >= 4 is 16.5 Å². The van der Waals surface area contributed by atoms with E-state index < -0.39 is 0 Å². The fraction of sp³-hybridized carbons (Fsp3) is 0.727. The van der Waals surface area contributed by atoms with E-state index in [4.69, 9.17) is 0 Å². The summed E-state index contributed by atoms with van der Waals surface area (Å²) in [5.74, 6) is 0. The summed E-state index contributed by atoms with van der Waals surface area (Å²) in [6.07, 6.45) is 8.60. The van der Waals surface area contributed by atoms with Crippen molar-refractivity contribution in [1.82, 2.24) is 4.98 Å². The third-order valence-corrected chi connectivity index (χ3v) is 3.97. The first-order valence-corrected chi connectivity index (χ1v) is 6.41. The highest BCUT2D eigenvalue weighted by atomic mass is 32.1. The third-order valence-electron chi connectivity index (χ3n) is 2.77. The summed E-state index contributed by atoms with van der Waals surface area (Å²) in [6, 6.07) is 0. The van der Waals surface area contributed by atoms with Gasteiger partial charge in [0.1, 0.15) is 0 Å². The van der Waals surface area contributed by atoms with Gasteiger partial charge in [-0.25, -0.2) is 4.98 Å². The molecule has 1 saturated heterocycles. The molecule has 2 nitrogen and oxygen atoms in total. The van der Waals surface area contributed by atoms with Crippen LogP contribution in [0.25, 0.3) is 0 Å². The molecule has 1 aromatic rings. The van der Waals surface area contributed by atoms with Crippen molar-refractivity contribution in [3.05, 3.63) is 11.1 Å². The molecule has 0 spiro atoms. The normalized spacial score (nSPS) is 18.2. The Labute approximate surface area is 90.0 Å². The van der Waals surface area contributed by atoms with E-state index in [2.05, 4.69) is 16.8 Å². The summed E-state index contributed by atoms with van der Waals surface area (Å²) in [5, 5.41) is 1.24. The van der Waals surface area contributed by atoms with Crippen LogP contribution in [0.2, 0.25) is 0 Å². The van der Waals surface area contributed by atoms with Crippen LogP contribution in [0.5, 0.6) is 0 Å². The largest absolute Gasteiger partial charge is 0.348 e. The second-order valence-corrected chi connectivity index (χ2v) is 4.96. The van der Waals surface area contributed by atoms with Crippen LogP contribution in [0.3, 0.4) is 0 Å². The van der Waals surface area contributed by atoms with Gasteiger partial charge in [-0.15, -0.1) is 11.3 Å². The van der Waals surface area contributed by atoms with E-state index in [1.165, 1.54) is 48.8 Å². The van der Waals surface area contributed by atoms with Crippen molar-refractivity contribution in [2.45, 2.75) is 39.0 Å². The molecule has 0 aliphatic carbocycles. The molecule has 1 aliphatic heterocycles. The third kappa shape index (κ3) is 2.27. The summed E-state index contributed by atoms with van der Waals surface area (Å²) in [5.41, 5.74) is 0. The van der Waals surface area contributed by atoms with Gasteiger partial charge in [0.05, 0.1) is 0 Å². The Kier molecular flexibility index (Phi) is 3.40. The zero-order valence-corrected chi connectivity index (χ0v) is 9.65. The van der Waals surface area contributed by atoms with Crippen LogP contribution in [0.1, 0.15) is 37.5 Å². The molecule has 0 radical (unpaired) electrons. The molecule has 0 amide bonds. The van der Waals surface area contributed by atoms with E-state index >= 15 is 0 Å². The SMILES string of the molecule is CCc1cnc(N2CCCCCC2)s1. The Morgan fingerprint density at radius 2 is 2.00 bits per heavy atom. The van der Waals surface area contributed by atoms with Gasteiger partial charge in [0.15, 0.2) is 5.13 Å². The second-order valence-electron chi connectivity index (χ2n) is 3.86. The quantitative estimate of drug-likeness (QED) is 0.745. The number of rotatable bonds is 2. The number of anilines is 1. The summed E-state index contributed by atoms with van der Waals surface area (Å²) >= 11 is 1.86. The number of nitrogens with zero attached hydrogens (tertiary/aromatic N) is 2. The van der Waals surface area contributed by atoms with E-state index in [0.29, 0.717) is 0 Å². The second kappa shape index (κ2) is 4.78. The van der Waals surface area contributed by atoms with Crippen LogP contribution in [0.15, 0.2) is 6.20 Å². The number of thiazole rings is 1. The highest BCUT2D eigenvalue weighted by Crippen LogP contribution is 2.25. The lowest BCUT2D eigenvalue weighted by Crippen LogP contribution is -2.23. The van der Waals surface area contributed by atoms with Gasteiger partial charge in [0.2, 0.25) is 0 Å². The van der Waals surface area contributed by atoms with Gasteiger partial charge < -0.3 is 4.90 Å². The summed E-state index contributed by atoms with van der Waals surface area (Å²) in [7, 11) is 0. The Hall–Kier alpha value is -0.570. The minimum absolute atomic E-state index is 1.12. The van der Waals surface area contributed by atoms with Crippen LogP contribution in [-0.4, -0.2) is 18.1 Å². The van der Waals surface area contributed by atoms with Crippen LogP contribution in [-0.2, 0) is 6.42 Å². The minimum Gasteiger partial charge on any atom is -0.348 e. The molecule has 2 rings (SSSR count). The predicted octanol–water partition coefficient (Wildman–Crippen LogP) is 3.09. The monoisotopic (exact) mass is 210 g/mol. The fourth-order valence-corrected chi connectivity index (χ4v) is 2.77. The van der Waals surface area contributed by atoms with Gasteiger partial charge in [0.25, 0.3) is 0 Å². The molecule has 78 valence electrons. The fourth-order valence-electron chi connectivity index (χ4n) is 1.87. The molecular formula is C11H18N2S. The predicted molar refractivity (Wildman–Crippen MR) is 62.2 cm³/mol. The van der Waals surface area contributed by atoms with E-state index in [1.54, 1.807) is 0 Å². The molecule has 0 atom stereocenters. The lowest BCUT2D eigenvalue weighted by atomic mass is 10.2. The van der Waals surface area contributed by atoms with Crippen molar-refractivity contribution < 1.29 is 0 Å². The summed E-state index contributed by atoms with van der Waals surface area (Å²) in [6.45, 7) is 4.60. The molecule has 1 aromatic heterocycles. The highest BCUT2D eigenvalue weighted by Gasteiger charge is 2.12. The maximum absolute atomic E-state index is 4.50. The Bertz CT molecular complexity index is 275. The van der Waals surface area contributed by atoms with Crippen LogP contribution in [0, 0.1) is 0 Å². The van der Waals surface area contributed by atoms with Crippen LogP contribution in [0.4, 0.5) is 5.13 Å². The highest BCUT2D eigenvalue weighted by molar-refractivity contribution is 7.15. The molecule has 3 heteroatoms. The Morgan fingerprint density at radius 3 is 2.57 bits per heavy atom. The van der Waals surface area contributed by atoms with Gasteiger partial charge in [0, 0.05) is 24.2 Å². The smallest absolute Gasteiger partial charge is 0.185 e. The average Bonchev–Trinajstić information content (AvgIpc) is 2.53. The van der Waals surface area contributed by atoms with Crippen molar-refractivity contribution in [3.8, 4) is 0 Å². The standard InChI is InChI=1S/C11H18N2S/c1-2-10-9-12-11(14-10)13-7-5-3-4-6-8-13/h9H,2-8H2,1H3. The summed E-state index contributed by atoms with van der Waals surface area (Å²) < 4.78 is 0. The minimum atomic E-state index is 1.12. The number of aryl methyl sites for hydroxylation is 1. The van der Waals surface area contributed by atoms with E-state index in [1.807, 2.05) is 17.5 Å². The van der Waals surface area contributed by atoms with Gasteiger partial charge in [-0.2, -0.15) is 0 Å². The van der Waals surface area contributed by atoms with E-state index in [0.717, 1.165) is 6.42 Å². The first-order valence-electron chi connectivity index (χ1n) is 5.60. The topological polar surface area (TPSA) is 16.1 Å². The lowest BCUT2D eigenvalue weighted by molar-refractivity contribution is 0.726. The first-order chi connectivity index (χ1) is 6.90. The average molecular weight is 210 g/mol. The molecule has 0 unspecified atom stereocenters. The molecule has 14 heavy (non-hydrogen) atoms. The molecule has 1 aliphatic rings. The number of aromatic nitrogens is 1. The molecule has 1 fully saturated rings. The molecule has 0 saturated carbocycles. The van der Waals surface area contributed by atoms with Crippen molar-refractivity contribution in [3.63, 3.8) is 0 Å². The van der Waals surface area contributed by atoms with E-state index in [9.17, 15) is 0 Å². The van der Waals surface area contributed by atoms with Gasteiger partial charge in [-0.3, -0.25) is 0 Å². The molecule has 0 N–H and O–H groups in total.